The second-order valence-corrected chi connectivity index (χ2v) is 7.28. The molecule has 27 heavy (non-hydrogen) atoms. The summed E-state index contributed by atoms with van der Waals surface area (Å²) in [6, 6.07) is 19.3. The van der Waals surface area contributed by atoms with Crippen LogP contribution in [0.15, 0.2) is 66.7 Å². The van der Waals surface area contributed by atoms with Crippen LogP contribution in [0.4, 0.5) is 4.39 Å². The van der Waals surface area contributed by atoms with Crippen LogP contribution in [-0.2, 0) is 6.42 Å². The molecule has 1 aliphatic rings. The molecule has 1 atom stereocenters. The van der Waals surface area contributed by atoms with Crippen molar-refractivity contribution in [2.24, 2.45) is 0 Å². The van der Waals surface area contributed by atoms with E-state index in [9.17, 15) is 9.18 Å². The van der Waals surface area contributed by atoms with E-state index in [2.05, 4.69) is 6.07 Å². The van der Waals surface area contributed by atoms with Gasteiger partial charge in [-0.25, -0.2) is 4.39 Å². The zero-order chi connectivity index (χ0) is 19.0. The predicted molar refractivity (Wildman–Crippen MR) is 106 cm³/mol. The number of rotatable bonds is 2. The number of halogens is 3. The van der Waals surface area contributed by atoms with Crippen LogP contribution in [0.2, 0.25) is 10.0 Å². The molecule has 0 aliphatic carbocycles. The van der Waals surface area contributed by atoms with Crippen molar-refractivity contribution in [1.29, 1.82) is 0 Å². The van der Waals surface area contributed by atoms with Gasteiger partial charge in [-0.05, 0) is 41.3 Å². The van der Waals surface area contributed by atoms with Crippen LogP contribution >= 0.6 is 23.2 Å². The number of nitrogens with zero attached hydrogens (tertiary/aromatic N) is 1. The van der Waals surface area contributed by atoms with E-state index in [0.29, 0.717) is 18.0 Å². The van der Waals surface area contributed by atoms with Gasteiger partial charge in [0, 0.05) is 11.6 Å². The Bertz CT molecular complexity index is 1000. The van der Waals surface area contributed by atoms with Gasteiger partial charge in [0.15, 0.2) is 0 Å². The van der Waals surface area contributed by atoms with Crippen molar-refractivity contribution in [2.45, 2.75) is 12.5 Å². The quantitative estimate of drug-likeness (QED) is 0.523. The summed E-state index contributed by atoms with van der Waals surface area (Å²) in [5, 5.41) is 0.674. The molecule has 2 nitrogen and oxygen atoms in total. The van der Waals surface area contributed by atoms with Crippen LogP contribution in [0.1, 0.15) is 33.1 Å². The molecule has 0 aromatic heterocycles. The molecule has 1 unspecified atom stereocenters. The fraction of sp³-hybridized carbons (Fsp3) is 0.136. The van der Waals surface area contributed by atoms with Gasteiger partial charge in [0.1, 0.15) is 5.82 Å². The molecule has 3 aromatic rings. The van der Waals surface area contributed by atoms with Gasteiger partial charge in [-0.15, -0.1) is 0 Å². The summed E-state index contributed by atoms with van der Waals surface area (Å²) in [5.74, 6) is -1.05. The molecule has 0 bridgehead atoms. The number of hydrogen-bond acceptors (Lipinski definition) is 1. The predicted octanol–water partition coefficient (Wildman–Crippen LogP) is 5.92. The Labute approximate surface area is 167 Å². The third-order valence-corrected chi connectivity index (χ3v) is 5.58. The Hall–Kier alpha value is -2.36. The topological polar surface area (TPSA) is 20.3 Å². The lowest BCUT2D eigenvalue weighted by Gasteiger charge is -2.38. The number of benzene rings is 3. The van der Waals surface area contributed by atoms with E-state index in [4.69, 9.17) is 23.2 Å². The van der Waals surface area contributed by atoms with Gasteiger partial charge in [-0.3, -0.25) is 4.79 Å². The Morgan fingerprint density at radius 2 is 1.56 bits per heavy atom. The maximum atomic E-state index is 14.4. The van der Waals surface area contributed by atoms with Crippen molar-refractivity contribution in [3.05, 3.63) is 105 Å². The lowest BCUT2D eigenvalue weighted by atomic mass is 9.87. The molecule has 0 spiro atoms. The lowest BCUT2D eigenvalue weighted by molar-refractivity contribution is 0.0690. The second kappa shape index (κ2) is 7.34. The minimum absolute atomic E-state index is 0.101. The van der Waals surface area contributed by atoms with E-state index in [0.717, 1.165) is 16.7 Å². The minimum Gasteiger partial charge on any atom is -0.327 e. The first kappa shape index (κ1) is 18.0. The fourth-order valence-electron chi connectivity index (χ4n) is 3.66. The highest BCUT2D eigenvalue weighted by molar-refractivity contribution is 6.34. The smallest absolute Gasteiger partial charge is 0.259 e. The van der Waals surface area contributed by atoms with Gasteiger partial charge in [0.2, 0.25) is 0 Å². The minimum atomic E-state index is -0.621. The lowest BCUT2D eigenvalue weighted by Crippen LogP contribution is -2.41. The SMILES string of the molecule is O=C(c1c(F)cccc1Cl)N1CCc2ccccc2C1c1ccccc1Cl. The summed E-state index contributed by atoms with van der Waals surface area (Å²) < 4.78 is 14.4. The molecule has 0 saturated heterocycles. The molecule has 4 rings (SSSR count). The maximum absolute atomic E-state index is 14.4. The van der Waals surface area contributed by atoms with Crippen LogP contribution in [0.5, 0.6) is 0 Å². The monoisotopic (exact) mass is 399 g/mol. The van der Waals surface area contributed by atoms with Gasteiger partial charge in [0.25, 0.3) is 5.91 Å². The van der Waals surface area contributed by atoms with Crippen molar-refractivity contribution < 1.29 is 9.18 Å². The van der Waals surface area contributed by atoms with Gasteiger partial charge >= 0.3 is 0 Å². The summed E-state index contributed by atoms with van der Waals surface area (Å²) in [4.78, 5) is 15.0. The number of amides is 1. The van der Waals surface area contributed by atoms with Gasteiger partial charge < -0.3 is 4.90 Å². The molecule has 1 aliphatic heterocycles. The summed E-state index contributed by atoms with van der Waals surface area (Å²) in [7, 11) is 0. The summed E-state index contributed by atoms with van der Waals surface area (Å²) in [6.07, 6.45) is 0.689. The average Bonchev–Trinajstić information content (AvgIpc) is 2.67. The summed E-state index contributed by atoms with van der Waals surface area (Å²) >= 11 is 12.6. The molecule has 1 amide bonds. The molecule has 1 heterocycles. The van der Waals surface area contributed by atoms with Crippen LogP contribution in [0.3, 0.4) is 0 Å². The van der Waals surface area contributed by atoms with Crippen LogP contribution in [0, 0.1) is 5.82 Å². The normalized spacial score (nSPS) is 16.1. The molecule has 5 heteroatoms. The van der Waals surface area contributed by atoms with Gasteiger partial charge in [0.05, 0.1) is 16.6 Å². The van der Waals surface area contributed by atoms with Crippen molar-refractivity contribution in [1.82, 2.24) is 4.90 Å². The van der Waals surface area contributed by atoms with Crippen LogP contribution in [-0.4, -0.2) is 17.4 Å². The molecule has 3 aromatic carbocycles. The van der Waals surface area contributed by atoms with E-state index in [1.165, 1.54) is 18.2 Å². The zero-order valence-electron chi connectivity index (χ0n) is 14.3. The third-order valence-electron chi connectivity index (χ3n) is 4.92. The summed E-state index contributed by atoms with van der Waals surface area (Å²) in [6.45, 7) is 0.455. The Morgan fingerprint density at radius 3 is 2.30 bits per heavy atom. The van der Waals surface area contributed by atoms with E-state index in [1.807, 2.05) is 36.4 Å². The molecule has 0 N–H and O–H groups in total. The van der Waals surface area contributed by atoms with E-state index in [-0.39, 0.29) is 10.6 Å². The van der Waals surface area contributed by atoms with E-state index >= 15 is 0 Å². The Morgan fingerprint density at radius 1 is 0.889 bits per heavy atom. The molecular formula is C22H16Cl2FNO. The standard InChI is InChI=1S/C22H16Cl2FNO/c23-17-9-4-3-8-16(17)21-15-7-2-1-6-14(15)12-13-26(21)22(27)20-18(24)10-5-11-19(20)25/h1-11,21H,12-13H2. The van der Waals surface area contributed by atoms with Crippen molar-refractivity contribution in [3.63, 3.8) is 0 Å². The molecular weight excluding hydrogens is 384 g/mol. The maximum Gasteiger partial charge on any atom is 0.259 e. The van der Waals surface area contributed by atoms with E-state index < -0.39 is 17.8 Å². The summed E-state index contributed by atoms with van der Waals surface area (Å²) in [5.41, 5.74) is 2.87. The molecule has 0 radical (unpaired) electrons. The third kappa shape index (κ3) is 3.22. The molecule has 136 valence electrons. The number of carbonyl (C=O) groups excluding carboxylic acids is 1. The van der Waals surface area contributed by atoms with Crippen molar-refractivity contribution in [3.8, 4) is 0 Å². The second-order valence-electron chi connectivity index (χ2n) is 6.47. The zero-order valence-corrected chi connectivity index (χ0v) is 15.8. The molecule has 0 saturated carbocycles. The van der Waals surface area contributed by atoms with Gasteiger partial charge in [-0.1, -0.05) is 71.7 Å². The van der Waals surface area contributed by atoms with Crippen LogP contribution in [0.25, 0.3) is 0 Å². The van der Waals surface area contributed by atoms with Crippen molar-refractivity contribution in [2.75, 3.05) is 6.54 Å². The number of hydrogen-bond donors (Lipinski definition) is 0. The van der Waals surface area contributed by atoms with Crippen molar-refractivity contribution >= 4 is 29.1 Å². The largest absolute Gasteiger partial charge is 0.327 e. The first-order valence-electron chi connectivity index (χ1n) is 8.65. The van der Waals surface area contributed by atoms with Crippen LogP contribution < -0.4 is 0 Å². The highest BCUT2D eigenvalue weighted by Crippen LogP contribution is 2.39. The number of fused-ring (bicyclic) bond motifs is 1. The average molecular weight is 400 g/mol. The highest BCUT2D eigenvalue weighted by atomic mass is 35.5. The highest BCUT2D eigenvalue weighted by Gasteiger charge is 2.35. The fourth-order valence-corrected chi connectivity index (χ4v) is 4.15. The first-order chi connectivity index (χ1) is 13.1. The Balaban J connectivity index is 1.87. The van der Waals surface area contributed by atoms with E-state index in [1.54, 1.807) is 11.0 Å². The number of carbonyl (C=O) groups is 1. The Kier molecular flexibility index (Phi) is 4.90. The molecule has 0 fully saturated rings. The van der Waals surface area contributed by atoms with Gasteiger partial charge in [-0.2, -0.15) is 0 Å². The first-order valence-corrected chi connectivity index (χ1v) is 9.40.